The lowest BCUT2D eigenvalue weighted by Crippen LogP contribution is -2.85. The van der Waals surface area contributed by atoms with Crippen molar-refractivity contribution in [1.82, 2.24) is 0 Å². The third-order valence-corrected chi connectivity index (χ3v) is 12.9. The van der Waals surface area contributed by atoms with Gasteiger partial charge in [-0.25, -0.2) is 4.79 Å². The molecule has 2 aliphatic carbocycles. The molecule has 12 heteroatoms. The van der Waals surface area contributed by atoms with Gasteiger partial charge in [0.05, 0.1) is 37.4 Å². The molecule has 0 aromatic carbocycles. The molecule has 2 bridgehead atoms. The highest BCUT2D eigenvalue weighted by molar-refractivity contribution is 5.86. The highest BCUT2D eigenvalue weighted by Crippen LogP contribution is 2.81. The molecule has 2 N–H and O–H groups in total. The summed E-state index contributed by atoms with van der Waals surface area (Å²) in [5.41, 5.74) is -7.48. The molecule has 12 unspecified atom stereocenters. The lowest BCUT2D eigenvalue weighted by atomic mass is 9.36. The first-order chi connectivity index (χ1) is 22.4. The molecular weight excluding hydrogens is 624 g/mol. The molecule has 3 aliphatic heterocycles. The Balaban J connectivity index is 1.67. The molecule has 4 fully saturated rings. The van der Waals surface area contributed by atoms with Crippen LogP contribution in [0.3, 0.4) is 0 Å². The second-order valence-electron chi connectivity index (χ2n) is 15.6. The van der Waals surface area contributed by atoms with Crippen LogP contribution in [-0.2, 0) is 42.9 Å². The molecule has 1 spiro atoms. The van der Waals surface area contributed by atoms with Gasteiger partial charge in [0.15, 0.2) is 11.7 Å². The first-order valence-electron chi connectivity index (χ1n) is 17.0. The van der Waals surface area contributed by atoms with E-state index in [2.05, 4.69) is 0 Å². The first kappa shape index (κ1) is 34.6. The summed E-state index contributed by atoms with van der Waals surface area (Å²) in [6.45, 7) is 13.9. The number of esters is 4. The van der Waals surface area contributed by atoms with E-state index >= 15 is 0 Å². The molecule has 12 nitrogen and oxygen atoms in total. The number of methoxy groups -OCH3 is 1. The van der Waals surface area contributed by atoms with Gasteiger partial charge in [-0.3, -0.25) is 14.4 Å². The average Bonchev–Trinajstić information content (AvgIpc) is 3.69. The number of hydrogen-bond acceptors (Lipinski definition) is 12. The van der Waals surface area contributed by atoms with Crippen molar-refractivity contribution in [2.45, 2.75) is 116 Å². The topological polar surface area (TPSA) is 168 Å². The van der Waals surface area contributed by atoms with Crippen molar-refractivity contribution in [3.05, 3.63) is 35.8 Å². The summed E-state index contributed by atoms with van der Waals surface area (Å²) in [5, 5.41) is 26.5. The van der Waals surface area contributed by atoms with E-state index in [4.69, 9.17) is 28.1 Å². The molecule has 12 atom stereocenters. The normalized spacial score (nSPS) is 43.2. The first-order valence-corrected chi connectivity index (χ1v) is 17.0. The fraction of sp³-hybridized carbons (Fsp3) is 0.722. The van der Waals surface area contributed by atoms with Crippen LogP contribution < -0.4 is 0 Å². The van der Waals surface area contributed by atoms with Gasteiger partial charge >= 0.3 is 23.9 Å². The van der Waals surface area contributed by atoms with Crippen molar-refractivity contribution in [1.29, 1.82) is 0 Å². The minimum atomic E-state index is -2.63. The maximum atomic E-state index is 14.0. The molecule has 6 rings (SSSR count). The second-order valence-corrected chi connectivity index (χ2v) is 15.6. The fourth-order valence-corrected chi connectivity index (χ4v) is 10.2. The van der Waals surface area contributed by atoms with E-state index in [1.807, 2.05) is 20.8 Å². The van der Waals surface area contributed by atoms with Gasteiger partial charge in [0.25, 0.3) is 0 Å². The summed E-state index contributed by atoms with van der Waals surface area (Å²) in [5.74, 6) is -8.52. The zero-order chi connectivity index (χ0) is 35.4. The lowest BCUT2D eigenvalue weighted by Gasteiger charge is -2.68. The molecular formula is C36H48O12. The predicted molar refractivity (Wildman–Crippen MR) is 166 cm³/mol. The monoisotopic (exact) mass is 672 g/mol. The van der Waals surface area contributed by atoms with Crippen LogP contribution in [0.25, 0.3) is 0 Å². The molecule has 0 radical (unpaired) electrons. The Morgan fingerprint density at radius 3 is 2.15 bits per heavy atom. The number of ether oxygens (including phenoxy) is 5. The number of rotatable bonds is 8. The van der Waals surface area contributed by atoms with Crippen LogP contribution in [0.1, 0.15) is 92.7 Å². The number of furan rings is 1. The van der Waals surface area contributed by atoms with Crippen molar-refractivity contribution in [2.24, 2.45) is 39.9 Å². The van der Waals surface area contributed by atoms with Gasteiger partial charge in [0.2, 0.25) is 5.79 Å². The highest BCUT2D eigenvalue weighted by Gasteiger charge is 2.97. The van der Waals surface area contributed by atoms with Crippen molar-refractivity contribution in [2.75, 3.05) is 7.11 Å². The van der Waals surface area contributed by atoms with Crippen LogP contribution in [0.15, 0.2) is 34.7 Å². The maximum absolute atomic E-state index is 14.0. The van der Waals surface area contributed by atoms with Gasteiger partial charge in [0.1, 0.15) is 17.8 Å². The summed E-state index contributed by atoms with van der Waals surface area (Å²) >= 11 is 0. The minimum absolute atomic E-state index is 0.312. The average molecular weight is 673 g/mol. The number of hydrogen-bond donors (Lipinski definition) is 2. The van der Waals surface area contributed by atoms with Crippen LogP contribution in [0.4, 0.5) is 0 Å². The van der Waals surface area contributed by atoms with E-state index in [1.165, 1.54) is 25.7 Å². The van der Waals surface area contributed by atoms with E-state index in [0.717, 1.165) is 0 Å². The smallest absolute Gasteiger partial charge is 0.331 e. The quantitative estimate of drug-likeness (QED) is 0.299. The lowest BCUT2D eigenvalue weighted by molar-refractivity contribution is -0.382. The number of aliphatic hydroxyl groups is 2. The summed E-state index contributed by atoms with van der Waals surface area (Å²) < 4.78 is 36.0. The number of carbonyl (C=O) groups is 4. The Labute approximate surface area is 280 Å². The standard InChI is InChI=1S/C36H48O12/c1-10-18(3)26(38)46-29-31(5,6)24(28(40)43-9)33(8)21-12-14-32(7)22(16-23(37)45-25(32)20-13-15-44-17-20)34(21)30(47-27(39)19(4)11-2)35(29,41)36(33,42)48-34/h13,15-19,21,24-25,29-30,41-42H,10-12,14H2,1-9H3. The van der Waals surface area contributed by atoms with E-state index in [-0.39, 0.29) is 0 Å². The Kier molecular flexibility index (Phi) is 7.86. The van der Waals surface area contributed by atoms with Crippen LogP contribution in [-0.4, -0.2) is 70.4 Å². The Hall–Kier alpha value is -3.22. The van der Waals surface area contributed by atoms with Crippen LogP contribution in [0.2, 0.25) is 0 Å². The number of fused-ring (bicyclic) bond motifs is 2. The summed E-state index contributed by atoms with van der Waals surface area (Å²) in [6, 6.07) is 1.70. The molecule has 48 heavy (non-hydrogen) atoms. The van der Waals surface area contributed by atoms with Crippen molar-refractivity contribution < 1.29 is 57.5 Å². The van der Waals surface area contributed by atoms with Gasteiger partial charge < -0.3 is 38.3 Å². The Morgan fingerprint density at radius 2 is 1.60 bits per heavy atom. The Morgan fingerprint density at radius 1 is 1.00 bits per heavy atom. The predicted octanol–water partition coefficient (Wildman–Crippen LogP) is 4.17. The molecule has 1 aromatic heterocycles. The molecule has 2 saturated heterocycles. The molecule has 2 saturated carbocycles. The van der Waals surface area contributed by atoms with E-state index in [1.54, 1.807) is 40.7 Å². The summed E-state index contributed by atoms with van der Waals surface area (Å²) in [6.07, 6.45) is 1.68. The van der Waals surface area contributed by atoms with Gasteiger partial charge in [-0.05, 0) is 37.3 Å². The zero-order valence-corrected chi connectivity index (χ0v) is 29.2. The molecule has 5 aliphatic rings. The summed E-state index contributed by atoms with van der Waals surface area (Å²) in [7, 11) is 1.24. The summed E-state index contributed by atoms with van der Waals surface area (Å²) in [4.78, 5) is 54.9. The third-order valence-electron chi connectivity index (χ3n) is 12.9. The second kappa shape index (κ2) is 10.9. The van der Waals surface area contributed by atoms with Gasteiger partial charge in [-0.1, -0.05) is 55.4 Å². The van der Waals surface area contributed by atoms with Gasteiger partial charge in [-0.2, -0.15) is 0 Å². The van der Waals surface area contributed by atoms with Gasteiger partial charge in [0, 0.05) is 33.8 Å². The van der Waals surface area contributed by atoms with E-state index in [9.17, 15) is 29.4 Å². The number of cyclic esters (lactones) is 1. The maximum Gasteiger partial charge on any atom is 0.331 e. The minimum Gasteiger partial charge on any atom is -0.472 e. The molecule has 4 heterocycles. The van der Waals surface area contributed by atoms with E-state index < -0.39 is 99.1 Å². The van der Waals surface area contributed by atoms with Crippen LogP contribution >= 0.6 is 0 Å². The van der Waals surface area contributed by atoms with Crippen molar-refractivity contribution in [3.63, 3.8) is 0 Å². The molecule has 0 amide bonds. The van der Waals surface area contributed by atoms with Crippen molar-refractivity contribution >= 4 is 23.9 Å². The highest BCUT2D eigenvalue weighted by atomic mass is 16.7. The van der Waals surface area contributed by atoms with Crippen LogP contribution in [0.5, 0.6) is 0 Å². The molecule has 264 valence electrons. The fourth-order valence-electron chi connectivity index (χ4n) is 10.2. The third kappa shape index (κ3) is 3.93. The molecule has 1 aromatic rings. The van der Waals surface area contributed by atoms with E-state index in [0.29, 0.717) is 36.8 Å². The number of carbonyl (C=O) groups excluding carboxylic acids is 4. The van der Waals surface area contributed by atoms with Crippen LogP contribution in [0, 0.1) is 39.9 Å². The largest absolute Gasteiger partial charge is 0.472 e. The SMILES string of the molecule is CCC(C)C(=O)OC1C(C)(C)C(C(=O)OC)C2(C)C3CCC4(C)C(=CC(=O)OC4c4ccoc4)C34OC2(O)C1(O)C4OC(=O)C(C)CC. The zero-order valence-electron chi connectivity index (χ0n) is 29.2. The Bertz CT molecular complexity index is 1550. The van der Waals surface area contributed by atoms with Gasteiger partial charge in [-0.15, -0.1) is 0 Å². The van der Waals surface area contributed by atoms with Crippen molar-refractivity contribution in [3.8, 4) is 0 Å².